The molecule has 0 spiro atoms. The van der Waals surface area contributed by atoms with Gasteiger partial charge in [0.15, 0.2) is 0 Å². The van der Waals surface area contributed by atoms with E-state index in [1.54, 1.807) is 6.92 Å². The molecule has 0 radical (unpaired) electrons. The molecule has 5 nitrogen and oxygen atoms in total. The average molecular weight is 276 g/mol. The zero-order valence-electron chi connectivity index (χ0n) is 11.5. The summed E-state index contributed by atoms with van der Waals surface area (Å²) in [7, 11) is -3.17. The average Bonchev–Trinajstić information content (AvgIpc) is 2.36. The smallest absolute Gasteiger partial charge is 0.224 e. The van der Waals surface area contributed by atoms with E-state index in [0.717, 1.165) is 12.8 Å². The topological polar surface area (TPSA) is 66.5 Å². The van der Waals surface area contributed by atoms with Crippen molar-refractivity contribution in [2.24, 2.45) is 11.8 Å². The van der Waals surface area contributed by atoms with Crippen molar-refractivity contribution in [3.8, 4) is 0 Å². The van der Waals surface area contributed by atoms with Crippen molar-refractivity contribution in [1.82, 2.24) is 9.62 Å². The van der Waals surface area contributed by atoms with Crippen molar-refractivity contribution in [2.75, 3.05) is 25.4 Å². The van der Waals surface area contributed by atoms with Gasteiger partial charge in [-0.3, -0.25) is 4.79 Å². The van der Waals surface area contributed by atoms with E-state index in [1.165, 1.54) is 4.31 Å². The minimum absolute atomic E-state index is 0.0142. The van der Waals surface area contributed by atoms with Crippen LogP contribution < -0.4 is 5.32 Å². The zero-order chi connectivity index (χ0) is 13.8. The number of sulfonamides is 1. The van der Waals surface area contributed by atoms with E-state index in [9.17, 15) is 13.2 Å². The van der Waals surface area contributed by atoms with E-state index in [0.29, 0.717) is 25.6 Å². The Balaban J connectivity index is 2.56. The summed E-state index contributed by atoms with van der Waals surface area (Å²) in [5, 5.41) is 2.88. The van der Waals surface area contributed by atoms with Gasteiger partial charge in [-0.05, 0) is 25.7 Å². The van der Waals surface area contributed by atoms with Gasteiger partial charge in [0.05, 0.1) is 11.7 Å². The van der Waals surface area contributed by atoms with Crippen molar-refractivity contribution in [3.63, 3.8) is 0 Å². The van der Waals surface area contributed by atoms with E-state index < -0.39 is 10.0 Å². The molecule has 1 fully saturated rings. The molecule has 0 aromatic heterocycles. The molecule has 1 aliphatic heterocycles. The SMILES string of the molecule is CCS(=O)(=O)N1CCC[C@H](C(=O)NCC(C)C)C1. The number of nitrogens with zero attached hydrogens (tertiary/aromatic N) is 1. The van der Waals surface area contributed by atoms with Crippen LogP contribution in [0, 0.1) is 11.8 Å². The van der Waals surface area contributed by atoms with Crippen molar-refractivity contribution in [1.29, 1.82) is 0 Å². The second-order valence-corrected chi connectivity index (χ2v) is 7.49. The third-order valence-corrected chi connectivity index (χ3v) is 5.05. The number of carbonyl (C=O) groups is 1. The van der Waals surface area contributed by atoms with Crippen molar-refractivity contribution < 1.29 is 13.2 Å². The molecular weight excluding hydrogens is 252 g/mol. The van der Waals surface area contributed by atoms with Crippen LogP contribution in [0.4, 0.5) is 0 Å². The third-order valence-electron chi connectivity index (χ3n) is 3.20. The fraction of sp³-hybridized carbons (Fsp3) is 0.917. The predicted octanol–water partition coefficient (Wildman–Crippen LogP) is 0.820. The third kappa shape index (κ3) is 4.24. The molecule has 1 saturated heterocycles. The summed E-state index contributed by atoms with van der Waals surface area (Å²) in [4.78, 5) is 11.9. The maximum absolute atomic E-state index is 11.9. The van der Waals surface area contributed by atoms with E-state index in [2.05, 4.69) is 5.32 Å². The van der Waals surface area contributed by atoms with E-state index in [1.807, 2.05) is 13.8 Å². The number of piperidine rings is 1. The number of nitrogens with one attached hydrogen (secondary N) is 1. The van der Waals surface area contributed by atoms with Crippen molar-refractivity contribution in [2.45, 2.75) is 33.6 Å². The van der Waals surface area contributed by atoms with Crippen LogP contribution in [0.2, 0.25) is 0 Å². The highest BCUT2D eigenvalue weighted by Gasteiger charge is 2.31. The molecule has 0 aromatic carbocycles. The minimum Gasteiger partial charge on any atom is -0.356 e. The summed E-state index contributed by atoms with van der Waals surface area (Å²) in [6.07, 6.45) is 1.54. The van der Waals surface area contributed by atoms with Gasteiger partial charge in [-0.2, -0.15) is 0 Å². The van der Waals surface area contributed by atoms with E-state index >= 15 is 0 Å². The number of rotatable bonds is 5. The van der Waals surface area contributed by atoms with Gasteiger partial charge in [0.2, 0.25) is 15.9 Å². The summed E-state index contributed by atoms with van der Waals surface area (Å²) < 4.78 is 25.0. The molecule has 1 atom stereocenters. The van der Waals surface area contributed by atoms with Crippen LogP contribution in [0.1, 0.15) is 33.6 Å². The van der Waals surface area contributed by atoms with Crippen molar-refractivity contribution in [3.05, 3.63) is 0 Å². The molecule has 0 bridgehead atoms. The molecular formula is C12H24N2O3S. The number of hydrogen-bond donors (Lipinski definition) is 1. The molecule has 1 heterocycles. The summed E-state index contributed by atoms with van der Waals surface area (Å²) in [6, 6.07) is 0. The van der Waals surface area contributed by atoms with Gasteiger partial charge in [0.25, 0.3) is 0 Å². The first-order valence-electron chi connectivity index (χ1n) is 6.62. The highest BCUT2D eigenvalue weighted by Crippen LogP contribution is 2.19. The van der Waals surface area contributed by atoms with Gasteiger partial charge >= 0.3 is 0 Å². The Labute approximate surface area is 110 Å². The summed E-state index contributed by atoms with van der Waals surface area (Å²) >= 11 is 0. The highest BCUT2D eigenvalue weighted by molar-refractivity contribution is 7.89. The largest absolute Gasteiger partial charge is 0.356 e. The van der Waals surface area contributed by atoms with Gasteiger partial charge in [-0.25, -0.2) is 12.7 Å². The van der Waals surface area contributed by atoms with Gasteiger partial charge in [0, 0.05) is 19.6 Å². The Hall–Kier alpha value is -0.620. The zero-order valence-corrected chi connectivity index (χ0v) is 12.3. The Morgan fingerprint density at radius 1 is 1.44 bits per heavy atom. The number of amides is 1. The van der Waals surface area contributed by atoms with Crippen LogP contribution in [0.15, 0.2) is 0 Å². The summed E-state index contributed by atoms with van der Waals surface area (Å²) in [5.41, 5.74) is 0. The molecule has 1 N–H and O–H groups in total. The lowest BCUT2D eigenvalue weighted by Gasteiger charge is -2.31. The van der Waals surface area contributed by atoms with Crippen LogP contribution in [-0.4, -0.2) is 44.0 Å². The van der Waals surface area contributed by atoms with Crippen LogP contribution in [0.3, 0.4) is 0 Å². The first-order valence-corrected chi connectivity index (χ1v) is 8.23. The van der Waals surface area contributed by atoms with Gasteiger partial charge in [0.1, 0.15) is 0 Å². The lowest BCUT2D eigenvalue weighted by Crippen LogP contribution is -2.46. The molecule has 0 aliphatic carbocycles. The van der Waals surface area contributed by atoms with Crippen molar-refractivity contribution >= 4 is 15.9 Å². The quantitative estimate of drug-likeness (QED) is 0.808. The predicted molar refractivity (Wildman–Crippen MR) is 71.6 cm³/mol. The van der Waals surface area contributed by atoms with E-state index in [-0.39, 0.29) is 17.6 Å². The molecule has 18 heavy (non-hydrogen) atoms. The van der Waals surface area contributed by atoms with Gasteiger partial charge in [-0.15, -0.1) is 0 Å². The van der Waals surface area contributed by atoms with Crippen LogP contribution in [-0.2, 0) is 14.8 Å². The molecule has 6 heteroatoms. The molecule has 1 amide bonds. The minimum atomic E-state index is -3.17. The fourth-order valence-electron chi connectivity index (χ4n) is 2.04. The Morgan fingerprint density at radius 2 is 2.11 bits per heavy atom. The second-order valence-electron chi connectivity index (χ2n) is 5.24. The maximum Gasteiger partial charge on any atom is 0.224 e. The maximum atomic E-state index is 11.9. The normalized spacial score (nSPS) is 22.1. The Kier molecular flexibility index (Phi) is 5.59. The molecule has 0 saturated carbocycles. The fourth-order valence-corrected chi connectivity index (χ4v) is 3.22. The van der Waals surface area contributed by atoms with Crippen LogP contribution >= 0.6 is 0 Å². The molecule has 1 aliphatic rings. The monoisotopic (exact) mass is 276 g/mol. The van der Waals surface area contributed by atoms with E-state index in [4.69, 9.17) is 0 Å². The number of hydrogen-bond acceptors (Lipinski definition) is 3. The number of carbonyl (C=O) groups excluding carboxylic acids is 1. The van der Waals surface area contributed by atoms with Gasteiger partial charge < -0.3 is 5.32 Å². The second kappa shape index (κ2) is 6.52. The first kappa shape index (κ1) is 15.4. The summed E-state index contributed by atoms with van der Waals surface area (Å²) in [6.45, 7) is 7.24. The first-order chi connectivity index (χ1) is 8.36. The summed E-state index contributed by atoms with van der Waals surface area (Å²) in [5.74, 6) is 0.305. The Morgan fingerprint density at radius 3 is 2.67 bits per heavy atom. The Bertz CT molecular complexity index is 379. The van der Waals surface area contributed by atoms with Crippen LogP contribution in [0.25, 0.3) is 0 Å². The lowest BCUT2D eigenvalue weighted by atomic mass is 9.98. The molecule has 1 rings (SSSR count). The molecule has 0 aromatic rings. The van der Waals surface area contributed by atoms with Gasteiger partial charge in [-0.1, -0.05) is 13.8 Å². The molecule has 106 valence electrons. The lowest BCUT2D eigenvalue weighted by molar-refractivity contribution is -0.126. The standard InChI is InChI=1S/C12H24N2O3S/c1-4-18(16,17)14-7-5-6-11(9-14)12(15)13-8-10(2)3/h10-11H,4-9H2,1-3H3,(H,13,15)/t11-/m0/s1. The molecule has 0 unspecified atom stereocenters. The van der Waals surface area contributed by atoms with Crippen LogP contribution in [0.5, 0.6) is 0 Å². The highest BCUT2D eigenvalue weighted by atomic mass is 32.2.